The van der Waals surface area contributed by atoms with Crippen molar-refractivity contribution >= 4 is 0 Å². The van der Waals surface area contributed by atoms with Crippen molar-refractivity contribution < 1.29 is 5.11 Å². The number of hydrogen-bond acceptors (Lipinski definition) is 2. The fourth-order valence-corrected chi connectivity index (χ4v) is 2.39. The Bertz CT molecular complexity index is 318. The molecule has 1 aromatic carbocycles. The van der Waals surface area contributed by atoms with Gasteiger partial charge in [-0.15, -0.1) is 0 Å². The second-order valence-corrected chi connectivity index (χ2v) is 4.98. The van der Waals surface area contributed by atoms with Gasteiger partial charge >= 0.3 is 0 Å². The zero-order valence-corrected chi connectivity index (χ0v) is 11.5. The van der Waals surface area contributed by atoms with Crippen LogP contribution in [0, 0.1) is 0 Å². The SMILES string of the molecule is CCN(C(C)C)C(C)CCc1ccc(O)cc1. The molecule has 0 amide bonds. The number of phenolic OH excluding ortho intramolecular Hbond substituents is 1. The van der Waals surface area contributed by atoms with Gasteiger partial charge in [0.1, 0.15) is 5.75 Å². The lowest BCUT2D eigenvalue weighted by molar-refractivity contribution is 0.166. The van der Waals surface area contributed by atoms with E-state index in [0.717, 1.165) is 19.4 Å². The molecule has 17 heavy (non-hydrogen) atoms. The Kier molecular flexibility index (Phi) is 5.49. The largest absolute Gasteiger partial charge is 0.508 e. The lowest BCUT2D eigenvalue weighted by Crippen LogP contribution is -2.38. The average Bonchev–Trinajstić information content (AvgIpc) is 2.28. The van der Waals surface area contributed by atoms with E-state index in [1.165, 1.54) is 5.56 Å². The van der Waals surface area contributed by atoms with Crippen LogP contribution < -0.4 is 0 Å². The third kappa shape index (κ3) is 4.39. The Balaban J connectivity index is 2.47. The summed E-state index contributed by atoms with van der Waals surface area (Å²) in [6.07, 6.45) is 2.24. The molecule has 0 saturated heterocycles. The van der Waals surface area contributed by atoms with Crippen LogP contribution in [0.15, 0.2) is 24.3 Å². The van der Waals surface area contributed by atoms with Crippen LogP contribution in [0.25, 0.3) is 0 Å². The first-order valence-electron chi connectivity index (χ1n) is 6.58. The van der Waals surface area contributed by atoms with Gasteiger partial charge in [-0.2, -0.15) is 0 Å². The van der Waals surface area contributed by atoms with Crippen LogP contribution in [0.4, 0.5) is 0 Å². The summed E-state index contributed by atoms with van der Waals surface area (Å²) in [5.74, 6) is 0.346. The van der Waals surface area contributed by atoms with Gasteiger partial charge in [0.15, 0.2) is 0 Å². The lowest BCUT2D eigenvalue weighted by atomic mass is 10.0. The first-order valence-corrected chi connectivity index (χ1v) is 6.58. The smallest absolute Gasteiger partial charge is 0.115 e. The first kappa shape index (κ1) is 14.0. The van der Waals surface area contributed by atoms with Gasteiger partial charge in [-0.05, 0) is 57.9 Å². The number of phenols is 1. The molecule has 1 atom stereocenters. The van der Waals surface area contributed by atoms with Gasteiger partial charge < -0.3 is 5.11 Å². The van der Waals surface area contributed by atoms with Crippen molar-refractivity contribution in [2.24, 2.45) is 0 Å². The second-order valence-electron chi connectivity index (χ2n) is 4.98. The van der Waals surface area contributed by atoms with E-state index in [2.05, 4.69) is 32.6 Å². The maximum atomic E-state index is 9.22. The zero-order valence-electron chi connectivity index (χ0n) is 11.5. The molecule has 0 fully saturated rings. The minimum absolute atomic E-state index is 0.346. The van der Waals surface area contributed by atoms with Crippen molar-refractivity contribution in [2.75, 3.05) is 6.54 Å². The van der Waals surface area contributed by atoms with Gasteiger partial charge in [-0.25, -0.2) is 0 Å². The highest BCUT2D eigenvalue weighted by Crippen LogP contribution is 2.15. The molecule has 0 bridgehead atoms. The van der Waals surface area contributed by atoms with Crippen molar-refractivity contribution in [3.63, 3.8) is 0 Å². The first-order chi connectivity index (χ1) is 8.04. The van der Waals surface area contributed by atoms with Crippen LogP contribution in [0.3, 0.4) is 0 Å². The number of hydrogen-bond donors (Lipinski definition) is 1. The number of nitrogens with zero attached hydrogens (tertiary/aromatic N) is 1. The summed E-state index contributed by atoms with van der Waals surface area (Å²) in [5, 5.41) is 9.22. The molecule has 0 aromatic heterocycles. The molecule has 0 radical (unpaired) electrons. The van der Waals surface area contributed by atoms with Crippen LogP contribution in [-0.2, 0) is 6.42 Å². The second kappa shape index (κ2) is 6.65. The van der Waals surface area contributed by atoms with Gasteiger partial charge in [-0.1, -0.05) is 19.1 Å². The number of aryl methyl sites for hydroxylation is 1. The van der Waals surface area contributed by atoms with Gasteiger partial charge in [0.25, 0.3) is 0 Å². The normalized spacial score (nSPS) is 13.3. The van der Waals surface area contributed by atoms with Crippen molar-refractivity contribution in [3.8, 4) is 5.75 Å². The Hall–Kier alpha value is -1.02. The van der Waals surface area contributed by atoms with Crippen molar-refractivity contribution in [3.05, 3.63) is 29.8 Å². The quantitative estimate of drug-likeness (QED) is 0.816. The lowest BCUT2D eigenvalue weighted by Gasteiger charge is -2.31. The fourth-order valence-electron chi connectivity index (χ4n) is 2.39. The summed E-state index contributed by atoms with van der Waals surface area (Å²) in [6.45, 7) is 10.1. The third-order valence-corrected chi connectivity index (χ3v) is 3.38. The minimum atomic E-state index is 0.346. The zero-order chi connectivity index (χ0) is 12.8. The Morgan fingerprint density at radius 2 is 1.71 bits per heavy atom. The summed E-state index contributed by atoms with van der Waals surface area (Å²) < 4.78 is 0. The van der Waals surface area contributed by atoms with E-state index in [0.29, 0.717) is 17.8 Å². The van der Waals surface area contributed by atoms with Gasteiger partial charge in [0.2, 0.25) is 0 Å². The maximum Gasteiger partial charge on any atom is 0.115 e. The molecule has 1 rings (SSSR count). The standard InChI is InChI=1S/C15H25NO/c1-5-16(12(2)3)13(4)6-7-14-8-10-15(17)11-9-14/h8-13,17H,5-7H2,1-4H3. The molecule has 0 spiro atoms. The Morgan fingerprint density at radius 3 is 2.18 bits per heavy atom. The van der Waals surface area contributed by atoms with Crippen molar-refractivity contribution in [1.82, 2.24) is 4.90 Å². The summed E-state index contributed by atoms with van der Waals surface area (Å²) >= 11 is 0. The Morgan fingerprint density at radius 1 is 1.12 bits per heavy atom. The predicted octanol–water partition coefficient (Wildman–Crippen LogP) is 3.44. The van der Waals surface area contributed by atoms with E-state index in [-0.39, 0.29) is 0 Å². The molecule has 1 aromatic rings. The molecule has 1 N–H and O–H groups in total. The summed E-state index contributed by atoms with van der Waals surface area (Å²) in [4.78, 5) is 2.51. The number of aromatic hydroxyl groups is 1. The van der Waals surface area contributed by atoms with Crippen LogP contribution >= 0.6 is 0 Å². The summed E-state index contributed by atoms with van der Waals surface area (Å²) in [6, 6.07) is 8.75. The molecule has 0 aliphatic rings. The predicted molar refractivity (Wildman–Crippen MR) is 73.4 cm³/mol. The molecule has 0 heterocycles. The molecule has 2 heteroatoms. The molecule has 1 unspecified atom stereocenters. The molecular formula is C15H25NO. The molecule has 0 aliphatic heterocycles. The average molecular weight is 235 g/mol. The molecular weight excluding hydrogens is 210 g/mol. The highest BCUT2D eigenvalue weighted by Gasteiger charge is 2.14. The van der Waals surface area contributed by atoms with Gasteiger partial charge in [0, 0.05) is 12.1 Å². The van der Waals surface area contributed by atoms with Crippen LogP contribution in [-0.4, -0.2) is 28.6 Å². The molecule has 96 valence electrons. The minimum Gasteiger partial charge on any atom is -0.508 e. The van der Waals surface area contributed by atoms with Crippen LogP contribution in [0.1, 0.15) is 39.7 Å². The van der Waals surface area contributed by atoms with Crippen LogP contribution in [0.5, 0.6) is 5.75 Å². The summed E-state index contributed by atoms with van der Waals surface area (Å²) in [7, 11) is 0. The molecule has 0 aliphatic carbocycles. The maximum absolute atomic E-state index is 9.22. The summed E-state index contributed by atoms with van der Waals surface area (Å²) in [5.41, 5.74) is 1.30. The molecule has 2 nitrogen and oxygen atoms in total. The van der Waals surface area contributed by atoms with Gasteiger partial charge in [0.05, 0.1) is 0 Å². The van der Waals surface area contributed by atoms with E-state index < -0.39 is 0 Å². The van der Waals surface area contributed by atoms with E-state index in [1.807, 2.05) is 12.1 Å². The molecule has 0 saturated carbocycles. The van der Waals surface area contributed by atoms with E-state index in [9.17, 15) is 5.11 Å². The number of benzene rings is 1. The number of rotatable bonds is 6. The highest BCUT2D eigenvalue weighted by molar-refractivity contribution is 5.25. The van der Waals surface area contributed by atoms with E-state index in [1.54, 1.807) is 12.1 Å². The van der Waals surface area contributed by atoms with E-state index in [4.69, 9.17) is 0 Å². The Labute approximate surface area is 105 Å². The van der Waals surface area contributed by atoms with Crippen molar-refractivity contribution in [2.45, 2.75) is 52.6 Å². The van der Waals surface area contributed by atoms with Crippen LogP contribution in [0.2, 0.25) is 0 Å². The van der Waals surface area contributed by atoms with Gasteiger partial charge in [-0.3, -0.25) is 4.90 Å². The highest BCUT2D eigenvalue weighted by atomic mass is 16.3. The van der Waals surface area contributed by atoms with Crippen molar-refractivity contribution in [1.29, 1.82) is 0 Å². The fraction of sp³-hybridized carbons (Fsp3) is 0.600. The van der Waals surface area contributed by atoms with E-state index >= 15 is 0 Å². The topological polar surface area (TPSA) is 23.5 Å². The third-order valence-electron chi connectivity index (χ3n) is 3.38. The monoisotopic (exact) mass is 235 g/mol.